The van der Waals surface area contributed by atoms with Crippen LogP contribution in [0.4, 0.5) is 0 Å². The highest BCUT2D eigenvalue weighted by molar-refractivity contribution is 5.20. The van der Waals surface area contributed by atoms with Crippen molar-refractivity contribution >= 4 is 0 Å². The fraction of sp³-hybridized carbons (Fsp3) is 0.381. The van der Waals surface area contributed by atoms with E-state index in [4.69, 9.17) is 4.74 Å². The number of benzene rings is 1. The molecule has 3 atom stereocenters. The van der Waals surface area contributed by atoms with E-state index in [-0.39, 0.29) is 6.10 Å². The minimum absolute atomic E-state index is 0.214. The highest BCUT2D eigenvalue weighted by atomic mass is 16.5. The standard InChI is InChI=1S/C21H24NO/c1-16-9-10-18-12-20(16)21(23-15-18)19-8-5-11-22(14-19)13-17-6-3-2-4-7-17/h2-9,11,14,18,20-21H,10,12-13,15H2,1H3/q+1/t18-,20+,21?/m1/s1. The Morgan fingerprint density at radius 3 is 2.87 bits per heavy atom. The van der Waals surface area contributed by atoms with Crippen LogP contribution in [-0.2, 0) is 11.3 Å². The van der Waals surface area contributed by atoms with E-state index >= 15 is 0 Å². The van der Waals surface area contributed by atoms with E-state index in [1.807, 2.05) is 0 Å². The molecule has 1 aliphatic heterocycles. The molecule has 0 N–H and O–H groups in total. The van der Waals surface area contributed by atoms with Crippen molar-refractivity contribution in [2.24, 2.45) is 11.8 Å². The highest BCUT2D eigenvalue weighted by Crippen LogP contribution is 2.43. The molecule has 0 spiro atoms. The van der Waals surface area contributed by atoms with Gasteiger partial charge < -0.3 is 4.74 Å². The van der Waals surface area contributed by atoms with Gasteiger partial charge in [-0.1, -0.05) is 42.0 Å². The first-order valence-electron chi connectivity index (χ1n) is 8.61. The molecule has 1 unspecified atom stereocenters. The quantitative estimate of drug-likeness (QED) is 0.615. The molecule has 0 amide bonds. The van der Waals surface area contributed by atoms with Crippen molar-refractivity contribution in [3.8, 4) is 0 Å². The Morgan fingerprint density at radius 1 is 1.13 bits per heavy atom. The second-order valence-electron chi connectivity index (χ2n) is 6.94. The molecule has 2 bridgehead atoms. The van der Waals surface area contributed by atoms with Gasteiger partial charge in [-0.3, -0.25) is 0 Å². The van der Waals surface area contributed by atoms with Gasteiger partial charge in [0.15, 0.2) is 18.9 Å². The van der Waals surface area contributed by atoms with Crippen LogP contribution in [0, 0.1) is 11.8 Å². The normalized spacial score (nSPS) is 26.7. The summed E-state index contributed by atoms with van der Waals surface area (Å²) in [6, 6.07) is 15.0. The Balaban J connectivity index is 1.58. The second-order valence-corrected chi connectivity index (χ2v) is 6.94. The number of nitrogens with zero attached hydrogens (tertiary/aromatic N) is 1. The fourth-order valence-corrected chi connectivity index (χ4v) is 3.93. The van der Waals surface area contributed by atoms with Crippen LogP contribution < -0.4 is 4.57 Å². The number of rotatable bonds is 3. The SMILES string of the molecule is CC1=CC[C@H]2COC(c3ccc[n+](Cc4ccccc4)c3)[C@H]1C2. The van der Waals surface area contributed by atoms with Crippen molar-refractivity contribution < 1.29 is 9.30 Å². The van der Waals surface area contributed by atoms with Gasteiger partial charge in [0.1, 0.15) is 0 Å². The Bertz CT molecular complexity index is 707. The number of ether oxygens (including phenoxy) is 1. The van der Waals surface area contributed by atoms with Crippen molar-refractivity contribution in [2.45, 2.75) is 32.4 Å². The first kappa shape index (κ1) is 14.6. The number of aromatic nitrogens is 1. The van der Waals surface area contributed by atoms with Crippen LogP contribution in [0.15, 0.2) is 66.5 Å². The highest BCUT2D eigenvalue weighted by Gasteiger charge is 2.36. The number of allylic oxidation sites excluding steroid dienone is 1. The van der Waals surface area contributed by atoms with Crippen LogP contribution in [0.2, 0.25) is 0 Å². The number of hydrogen-bond donors (Lipinski definition) is 0. The summed E-state index contributed by atoms with van der Waals surface area (Å²) in [6.07, 6.45) is 9.52. The van der Waals surface area contributed by atoms with Gasteiger partial charge in [0.2, 0.25) is 0 Å². The smallest absolute Gasteiger partial charge is 0.174 e. The first-order valence-corrected chi connectivity index (χ1v) is 8.61. The van der Waals surface area contributed by atoms with Crippen LogP contribution in [0.25, 0.3) is 0 Å². The van der Waals surface area contributed by atoms with Gasteiger partial charge in [0, 0.05) is 23.1 Å². The van der Waals surface area contributed by atoms with E-state index in [0.717, 1.165) is 19.1 Å². The minimum Gasteiger partial charge on any atom is -0.372 e. The van der Waals surface area contributed by atoms with E-state index in [1.165, 1.54) is 29.5 Å². The van der Waals surface area contributed by atoms with Crippen LogP contribution in [-0.4, -0.2) is 6.61 Å². The van der Waals surface area contributed by atoms with Crippen molar-refractivity contribution in [1.82, 2.24) is 0 Å². The summed E-state index contributed by atoms with van der Waals surface area (Å²) < 4.78 is 8.52. The topological polar surface area (TPSA) is 13.1 Å². The van der Waals surface area contributed by atoms with Gasteiger partial charge in [0.25, 0.3) is 0 Å². The van der Waals surface area contributed by atoms with Crippen molar-refractivity contribution in [2.75, 3.05) is 6.61 Å². The molecule has 2 nitrogen and oxygen atoms in total. The van der Waals surface area contributed by atoms with Gasteiger partial charge in [-0.05, 0) is 31.7 Å². The van der Waals surface area contributed by atoms with Gasteiger partial charge >= 0.3 is 0 Å². The molecule has 2 heterocycles. The lowest BCUT2D eigenvalue weighted by Crippen LogP contribution is -2.37. The predicted octanol–water partition coefficient (Wildman–Crippen LogP) is 4.07. The maximum atomic E-state index is 6.25. The molecule has 1 aromatic carbocycles. The zero-order valence-electron chi connectivity index (χ0n) is 13.7. The molecule has 0 saturated carbocycles. The molecule has 2 aromatic rings. The van der Waals surface area contributed by atoms with Gasteiger partial charge in [0.05, 0.1) is 12.7 Å². The Labute approximate surface area is 138 Å². The summed E-state index contributed by atoms with van der Waals surface area (Å²) in [4.78, 5) is 0. The van der Waals surface area contributed by atoms with Crippen molar-refractivity contribution in [1.29, 1.82) is 0 Å². The van der Waals surface area contributed by atoms with Gasteiger partial charge in [-0.15, -0.1) is 0 Å². The van der Waals surface area contributed by atoms with Crippen LogP contribution in [0.1, 0.15) is 37.0 Å². The van der Waals surface area contributed by atoms with E-state index in [0.29, 0.717) is 5.92 Å². The molecule has 1 aliphatic carbocycles. The first-order chi connectivity index (χ1) is 11.3. The maximum Gasteiger partial charge on any atom is 0.174 e. The third-order valence-corrected chi connectivity index (χ3v) is 5.24. The monoisotopic (exact) mass is 306 g/mol. The summed E-state index contributed by atoms with van der Waals surface area (Å²) >= 11 is 0. The third kappa shape index (κ3) is 3.09. The number of pyridine rings is 1. The predicted molar refractivity (Wildman–Crippen MR) is 90.8 cm³/mol. The molecule has 1 fully saturated rings. The number of fused-ring (bicyclic) bond motifs is 2. The Kier molecular flexibility index (Phi) is 4.00. The van der Waals surface area contributed by atoms with Crippen LogP contribution in [0.5, 0.6) is 0 Å². The van der Waals surface area contributed by atoms with E-state index < -0.39 is 0 Å². The van der Waals surface area contributed by atoms with E-state index in [2.05, 4.69) is 72.4 Å². The molecular weight excluding hydrogens is 282 g/mol. The lowest BCUT2D eigenvalue weighted by molar-refractivity contribution is -0.689. The maximum absolute atomic E-state index is 6.25. The molecule has 118 valence electrons. The molecular formula is C21H24NO+. The van der Waals surface area contributed by atoms with E-state index in [1.54, 1.807) is 0 Å². The Hall–Kier alpha value is -1.93. The molecule has 0 radical (unpaired) electrons. The average Bonchev–Trinajstić information content (AvgIpc) is 2.60. The molecule has 4 rings (SSSR count). The Morgan fingerprint density at radius 2 is 2.00 bits per heavy atom. The van der Waals surface area contributed by atoms with Crippen LogP contribution >= 0.6 is 0 Å². The lowest BCUT2D eigenvalue weighted by Gasteiger charge is -2.39. The molecule has 1 saturated heterocycles. The van der Waals surface area contributed by atoms with Crippen molar-refractivity contribution in [3.63, 3.8) is 0 Å². The zero-order valence-corrected chi connectivity index (χ0v) is 13.7. The molecule has 1 aromatic heterocycles. The summed E-state index contributed by atoms with van der Waals surface area (Å²) in [5, 5.41) is 0. The summed E-state index contributed by atoms with van der Waals surface area (Å²) in [6.45, 7) is 4.07. The molecule has 2 aliphatic rings. The van der Waals surface area contributed by atoms with Crippen LogP contribution in [0.3, 0.4) is 0 Å². The fourth-order valence-electron chi connectivity index (χ4n) is 3.93. The van der Waals surface area contributed by atoms with Gasteiger partial charge in [-0.25, -0.2) is 4.57 Å². The molecule has 2 heteroatoms. The largest absolute Gasteiger partial charge is 0.372 e. The number of hydrogen-bond acceptors (Lipinski definition) is 1. The average molecular weight is 306 g/mol. The summed E-state index contributed by atoms with van der Waals surface area (Å²) in [5.41, 5.74) is 4.14. The lowest BCUT2D eigenvalue weighted by atomic mass is 9.75. The van der Waals surface area contributed by atoms with Gasteiger partial charge in [-0.2, -0.15) is 0 Å². The molecule has 23 heavy (non-hydrogen) atoms. The second kappa shape index (κ2) is 6.29. The zero-order chi connectivity index (χ0) is 15.6. The van der Waals surface area contributed by atoms with E-state index in [9.17, 15) is 0 Å². The summed E-state index contributed by atoms with van der Waals surface area (Å²) in [5.74, 6) is 1.27. The minimum atomic E-state index is 0.214. The summed E-state index contributed by atoms with van der Waals surface area (Å²) in [7, 11) is 0. The van der Waals surface area contributed by atoms with Crippen molar-refractivity contribution in [3.05, 3.63) is 77.6 Å². The third-order valence-electron chi connectivity index (χ3n) is 5.24.